The summed E-state index contributed by atoms with van der Waals surface area (Å²) in [6.45, 7) is 7.89. The van der Waals surface area contributed by atoms with E-state index in [1.54, 1.807) is 11.2 Å². The summed E-state index contributed by atoms with van der Waals surface area (Å²) >= 11 is 0. The van der Waals surface area contributed by atoms with E-state index in [1.807, 2.05) is 7.05 Å². The summed E-state index contributed by atoms with van der Waals surface area (Å²) in [6.07, 6.45) is 9.71. The molecule has 4 rings (SSSR count). The number of carbonyl (C=O) groups is 1. The van der Waals surface area contributed by atoms with E-state index >= 15 is 0 Å². The highest BCUT2D eigenvalue weighted by atomic mass is 16.2. The Balaban J connectivity index is 1.38. The van der Waals surface area contributed by atoms with Gasteiger partial charge >= 0.3 is 0 Å². The van der Waals surface area contributed by atoms with E-state index in [4.69, 9.17) is 0 Å². The summed E-state index contributed by atoms with van der Waals surface area (Å²) in [5.74, 6) is 2.76. The number of amides is 1. The Morgan fingerprint density at radius 2 is 1.68 bits per heavy atom. The molecule has 7 nitrogen and oxygen atoms in total. The number of piperazine rings is 1. The second-order valence-electron chi connectivity index (χ2n) is 8.64. The number of nitrogens with zero attached hydrogens (tertiary/aromatic N) is 6. The van der Waals surface area contributed by atoms with Crippen LogP contribution in [0.5, 0.6) is 0 Å². The molecule has 3 aliphatic rings. The van der Waals surface area contributed by atoms with Crippen LogP contribution in [0, 0.1) is 5.92 Å². The van der Waals surface area contributed by atoms with Gasteiger partial charge in [0.05, 0.1) is 6.54 Å². The zero-order valence-electron chi connectivity index (χ0n) is 17.2. The summed E-state index contributed by atoms with van der Waals surface area (Å²) in [5.41, 5.74) is 0. The fourth-order valence-electron chi connectivity index (χ4n) is 4.74. The largest absolute Gasteiger partial charge is 0.356 e. The van der Waals surface area contributed by atoms with Gasteiger partial charge in [-0.25, -0.2) is 9.97 Å². The molecule has 3 saturated heterocycles. The van der Waals surface area contributed by atoms with Crippen molar-refractivity contribution in [3.63, 3.8) is 0 Å². The molecule has 0 spiro atoms. The van der Waals surface area contributed by atoms with Gasteiger partial charge in [-0.1, -0.05) is 12.8 Å². The van der Waals surface area contributed by atoms with Crippen molar-refractivity contribution < 1.29 is 4.79 Å². The molecule has 0 radical (unpaired) electrons. The van der Waals surface area contributed by atoms with Gasteiger partial charge in [0, 0.05) is 45.8 Å². The van der Waals surface area contributed by atoms with Crippen molar-refractivity contribution in [1.29, 1.82) is 0 Å². The van der Waals surface area contributed by atoms with Gasteiger partial charge in [0.1, 0.15) is 18.0 Å². The number of anilines is 2. The molecule has 3 fully saturated rings. The van der Waals surface area contributed by atoms with Crippen LogP contribution in [-0.2, 0) is 4.79 Å². The first-order chi connectivity index (χ1) is 13.7. The highest BCUT2D eigenvalue weighted by Crippen LogP contribution is 2.25. The van der Waals surface area contributed by atoms with Gasteiger partial charge in [-0.2, -0.15) is 0 Å². The first kappa shape index (κ1) is 19.4. The van der Waals surface area contributed by atoms with Crippen LogP contribution in [0.15, 0.2) is 12.4 Å². The summed E-state index contributed by atoms with van der Waals surface area (Å²) in [6, 6.07) is 2.08. The second kappa shape index (κ2) is 9.07. The van der Waals surface area contributed by atoms with E-state index in [-0.39, 0.29) is 5.91 Å². The highest BCUT2D eigenvalue weighted by molar-refractivity contribution is 5.82. The fourth-order valence-corrected chi connectivity index (χ4v) is 4.74. The molecule has 0 bridgehead atoms. The Morgan fingerprint density at radius 3 is 2.43 bits per heavy atom. The molecular weight excluding hydrogens is 352 g/mol. The average Bonchev–Trinajstić information content (AvgIpc) is 2.99. The number of likely N-dealkylation sites (N-methyl/N-ethyl adjacent to an activating group) is 1. The molecule has 1 unspecified atom stereocenters. The van der Waals surface area contributed by atoms with Crippen LogP contribution in [0.3, 0.4) is 0 Å². The predicted octanol–water partition coefficient (Wildman–Crippen LogP) is 1.85. The Morgan fingerprint density at radius 1 is 0.929 bits per heavy atom. The van der Waals surface area contributed by atoms with Crippen LogP contribution >= 0.6 is 0 Å². The maximum atomic E-state index is 12.0. The lowest BCUT2D eigenvalue weighted by atomic mass is 9.97. The summed E-state index contributed by atoms with van der Waals surface area (Å²) < 4.78 is 0. The molecule has 1 atom stereocenters. The highest BCUT2D eigenvalue weighted by Gasteiger charge is 2.26. The average molecular weight is 387 g/mol. The molecule has 1 amide bonds. The van der Waals surface area contributed by atoms with Crippen LogP contribution in [0.25, 0.3) is 0 Å². The zero-order valence-corrected chi connectivity index (χ0v) is 17.2. The minimum absolute atomic E-state index is 0.155. The number of piperidine rings is 1. The minimum atomic E-state index is 0.155. The SMILES string of the molecule is CN1CCN(c2cc(N3CCCC(CN4CCCCCC4)C3)ncn2)CC1=O. The Bertz CT molecular complexity index is 660. The van der Waals surface area contributed by atoms with E-state index < -0.39 is 0 Å². The van der Waals surface area contributed by atoms with Crippen LogP contribution < -0.4 is 9.80 Å². The molecule has 1 aromatic rings. The molecule has 0 aromatic carbocycles. The normalized spacial score (nSPS) is 25.1. The fraction of sp³-hybridized carbons (Fsp3) is 0.762. The lowest BCUT2D eigenvalue weighted by Crippen LogP contribution is -2.49. The van der Waals surface area contributed by atoms with Crippen molar-refractivity contribution >= 4 is 17.5 Å². The molecule has 0 aliphatic carbocycles. The van der Waals surface area contributed by atoms with Gasteiger partial charge in [-0.3, -0.25) is 4.79 Å². The third kappa shape index (κ3) is 4.74. The third-order valence-electron chi connectivity index (χ3n) is 6.48. The number of aromatic nitrogens is 2. The van der Waals surface area contributed by atoms with Crippen molar-refractivity contribution in [1.82, 2.24) is 19.8 Å². The summed E-state index contributed by atoms with van der Waals surface area (Å²) in [5, 5.41) is 0. The van der Waals surface area contributed by atoms with Crippen molar-refractivity contribution in [2.75, 3.05) is 69.2 Å². The first-order valence-corrected chi connectivity index (χ1v) is 11.0. The molecule has 28 heavy (non-hydrogen) atoms. The maximum absolute atomic E-state index is 12.0. The van der Waals surface area contributed by atoms with Gasteiger partial charge < -0.3 is 19.6 Å². The number of rotatable bonds is 4. The van der Waals surface area contributed by atoms with Crippen LogP contribution in [0.2, 0.25) is 0 Å². The van der Waals surface area contributed by atoms with Gasteiger partial charge in [0.2, 0.25) is 5.91 Å². The van der Waals surface area contributed by atoms with Crippen molar-refractivity contribution in [2.24, 2.45) is 5.92 Å². The summed E-state index contributed by atoms with van der Waals surface area (Å²) in [4.78, 5) is 30.0. The Hall–Kier alpha value is -1.89. The number of hydrogen-bond acceptors (Lipinski definition) is 6. The monoisotopic (exact) mass is 386 g/mol. The molecule has 4 heterocycles. The predicted molar refractivity (Wildman–Crippen MR) is 112 cm³/mol. The number of hydrogen-bond donors (Lipinski definition) is 0. The third-order valence-corrected chi connectivity index (χ3v) is 6.48. The van der Waals surface area contributed by atoms with Crippen molar-refractivity contribution in [3.8, 4) is 0 Å². The standard InChI is InChI=1S/C21H34N6O/c1-24-11-12-27(16-21(24)28)20-13-19(22-17-23-20)26-10-6-7-18(15-26)14-25-8-4-2-3-5-9-25/h13,17-18H,2-12,14-16H2,1H3. The Kier molecular flexibility index (Phi) is 6.29. The number of carbonyl (C=O) groups excluding carboxylic acids is 1. The van der Waals surface area contributed by atoms with E-state index in [9.17, 15) is 4.79 Å². The smallest absolute Gasteiger partial charge is 0.241 e. The molecule has 0 saturated carbocycles. The molecular formula is C21H34N6O. The lowest BCUT2D eigenvalue weighted by molar-refractivity contribution is -0.129. The van der Waals surface area contributed by atoms with Gasteiger partial charge in [-0.05, 0) is 44.7 Å². The molecule has 3 aliphatic heterocycles. The van der Waals surface area contributed by atoms with Crippen LogP contribution in [-0.4, -0.2) is 85.1 Å². The number of likely N-dealkylation sites (tertiary alicyclic amines) is 1. The lowest BCUT2D eigenvalue weighted by Gasteiger charge is -2.37. The van der Waals surface area contributed by atoms with Crippen molar-refractivity contribution in [2.45, 2.75) is 38.5 Å². The molecule has 7 heteroatoms. The van der Waals surface area contributed by atoms with E-state index in [0.29, 0.717) is 6.54 Å². The van der Waals surface area contributed by atoms with Gasteiger partial charge in [-0.15, -0.1) is 0 Å². The van der Waals surface area contributed by atoms with E-state index in [0.717, 1.165) is 43.7 Å². The zero-order chi connectivity index (χ0) is 19.3. The minimum Gasteiger partial charge on any atom is -0.356 e. The maximum Gasteiger partial charge on any atom is 0.241 e. The molecule has 154 valence electrons. The molecule has 1 aromatic heterocycles. The van der Waals surface area contributed by atoms with Gasteiger partial charge in [0.25, 0.3) is 0 Å². The van der Waals surface area contributed by atoms with E-state index in [1.165, 1.54) is 58.2 Å². The quantitative estimate of drug-likeness (QED) is 0.787. The van der Waals surface area contributed by atoms with Crippen LogP contribution in [0.4, 0.5) is 11.6 Å². The second-order valence-corrected chi connectivity index (χ2v) is 8.64. The first-order valence-electron chi connectivity index (χ1n) is 11.0. The van der Waals surface area contributed by atoms with Gasteiger partial charge in [0.15, 0.2) is 0 Å². The summed E-state index contributed by atoms with van der Waals surface area (Å²) in [7, 11) is 1.86. The van der Waals surface area contributed by atoms with Crippen molar-refractivity contribution in [3.05, 3.63) is 12.4 Å². The topological polar surface area (TPSA) is 55.8 Å². The van der Waals surface area contributed by atoms with E-state index in [2.05, 4.69) is 30.7 Å². The Labute approximate surface area is 168 Å². The molecule has 0 N–H and O–H groups in total. The van der Waals surface area contributed by atoms with Crippen LogP contribution in [0.1, 0.15) is 38.5 Å².